The lowest BCUT2D eigenvalue weighted by molar-refractivity contribution is 0.143. The summed E-state index contributed by atoms with van der Waals surface area (Å²) in [4.78, 5) is 12.3. The maximum Gasteiger partial charge on any atom is 0.280 e. The molecule has 0 bridgehead atoms. The van der Waals surface area contributed by atoms with Crippen molar-refractivity contribution in [3.05, 3.63) is 59.1 Å². The van der Waals surface area contributed by atoms with Gasteiger partial charge in [0.05, 0.1) is 17.6 Å². The molecule has 0 aromatic carbocycles. The van der Waals surface area contributed by atoms with E-state index < -0.39 is 12.2 Å². The maximum absolute atomic E-state index is 13.5. The van der Waals surface area contributed by atoms with Crippen LogP contribution in [-0.4, -0.2) is 44.1 Å². The number of aryl methyl sites for hydroxylation is 1. The van der Waals surface area contributed by atoms with Gasteiger partial charge in [-0.3, -0.25) is 9.98 Å². The molecule has 0 aliphatic heterocycles. The minimum atomic E-state index is -2.72. The van der Waals surface area contributed by atoms with E-state index in [1.807, 2.05) is 11.6 Å². The maximum atomic E-state index is 13.5. The first-order chi connectivity index (χ1) is 16.3. The number of hydrogen-bond acceptors (Lipinski definition) is 6. The van der Waals surface area contributed by atoms with Gasteiger partial charge in [-0.2, -0.15) is 10.2 Å². The number of alkyl halides is 2. The Kier molecular flexibility index (Phi) is 6.62. The van der Waals surface area contributed by atoms with E-state index in [1.54, 1.807) is 13.0 Å². The molecule has 3 heterocycles. The van der Waals surface area contributed by atoms with Crippen LogP contribution in [0.3, 0.4) is 0 Å². The van der Waals surface area contributed by atoms with Crippen molar-refractivity contribution < 1.29 is 13.2 Å². The van der Waals surface area contributed by atoms with Crippen molar-refractivity contribution in [1.82, 2.24) is 24.5 Å². The summed E-state index contributed by atoms with van der Waals surface area (Å²) in [5, 5.41) is 12.1. The third-order valence-electron chi connectivity index (χ3n) is 5.50. The van der Waals surface area contributed by atoms with E-state index in [-0.39, 0.29) is 17.4 Å². The topological polar surface area (TPSA) is 85.3 Å². The van der Waals surface area contributed by atoms with Crippen molar-refractivity contribution in [2.75, 3.05) is 12.4 Å². The quantitative estimate of drug-likeness (QED) is 0.379. The predicted molar refractivity (Wildman–Crippen MR) is 125 cm³/mol. The fourth-order valence-electron chi connectivity index (χ4n) is 3.59. The third-order valence-corrected chi connectivity index (χ3v) is 5.50. The number of anilines is 1. The standard InChI is InChI=1S/C23H25F3N8/c1-13-9-18(22(25)26)34(31-13)20(28-4)10-19(27-3)30-23-14(2)21(17-8-7-16(24)11-29-17)32-33(23)12-15-5-6-15/h7-11,15,22,30H,3,5-6,12H2,1-2,4H3/b19-10+,28-20?. The Balaban J connectivity index is 1.71. The van der Waals surface area contributed by atoms with E-state index >= 15 is 0 Å². The molecule has 0 saturated heterocycles. The van der Waals surface area contributed by atoms with Crippen molar-refractivity contribution in [2.45, 2.75) is 39.7 Å². The average Bonchev–Trinajstić information content (AvgIpc) is 3.47. The third kappa shape index (κ3) is 4.92. The first-order valence-corrected chi connectivity index (χ1v) is 10.8. The molecule has 1 N–H and O–H groups in total. The van der Waals surface area contributed by atoms with Crippen molar-refractivity contribution in [3.63, 3.8) is 0 Å². The van der Waals surface area contributed by atoms with E-state index in [1.165, 1.54) is 25.3 Å². The van der Waals surface area contributed by atoms with E-state index in [4.69, 9.17) is 5.10 Å². The first kappa shape index (κ1) is 23.4. The lowest BCUT2D eigenvalue weighted by Gasteiger charge is -2.12. The lowest BCUT2D eigenvalue weighted by atomic mass is 10.2. The van der Waals surface area contributed by atoms with Crippen molar-refractivity contribution in [1.29, 1.82) is 0 Å². The van der Waals surface area contributed by atoms with E-state index in [0.717, 1.165) is 29.3 Å². The van der Waals surface area contributed by atoms with Crippen LogP contribution in [0.25, 0.3) is 11.4 Å². The molecule has 11 heteroatoms. The molecule has 0 atom stereocenters. The van der Waals surface area contributed by atoms with E-state index in [9.17, 15) is 13.2 Å². The lowest BCUT2D eigenvalue weighted by Crippen LogP contribution is -2.17. The molecule has 0 radical (unpaired) electrons. The van der Waals surface area contributed by atoms with E-state index in [0.29, 0.717) is 35.4 Å². The van der Waals surface area contributed by atoms with Gasteiger partial charge >= 0.3 is 0 Å². The number of aromatic nitrogens is 5. The summed E-state index contributed by atoms with van der Waals surface area (Å²) < 4.78 is 43.3. The molecule has 178 valence electrons. The zero-order valence-electron chi connectivity index (χ0n) is 19.1. The van der Waals surface area contributed by atoms with Gasteiger partial charge in [-0.15, -0.1) is 0 Å². The van der Waals surface area contributed by atoms with Gasteiger partial charge in [0, 0.05) is 25.2 Å². The minimum absolute atomic E-state index is 0.171. The molecular weight excluding hydrogens is 445 g/mol. The smallest absolute Gasteiger partial charge is 0.280 e. The SMILES string of the molecule is C=N/C(=C\C(=NC)n1nc(C)cc1C(F)F)Nc1c(C)c(-c2ccc(F)cn2)nn1CC1CC1. The van der Waals surface area contributed by atoms with Crippen LogP contribution in [0.5, 0.6) is 0 Å². The summed E-state index contributed by atoms with van der Waals surface area (Å²) in [6.07, 6.45) is 2.16. The summed E-state index contributed by atoms with van der Waals surface area (Å²) in [5.74, 6) is 1.21. The largest absolute Gasteiger partial charge is 0.325 e. The summed E-state index contributed by atoms with van der Waals surface area (Å²) >= 11 is 0. The predicted octanol–water partition coefficient (Wildman–Crippen LogP) is 4.78. The van der Waals surface area contributed by atoms with Crippen LogP contribution in [0.4, 0.5) is 19.0 Å². The number of aliphatic imine (C=N–C) groups is 2. The van der Waals surface area contributed by atoms with Gasteiger partial charge < -0.3 is 5.32 Å². The first-order valence-electron chi connectivity index (χ1n) is 10.8. The van der Waals surface area contributed by atoms with Crippen LogP contribution in [0, 0.1) is 25.6 Å². The van der Waals surface area contributed by atoms with Gasteiger partial charge in [-0.1, -0.05) is 0 Å². The molecule has 1 aliphatic rings. The molecule has 34 heavy (non-hydrogen) atoms. The van der Waals surface area contributed by atoms with Crippen molar-refractivity contribution >= 4 is 18.4 Å². The molecule has 3 aromatic rings. The van der Waals surface area contributed by atoms with Crippen LogP contribution >= 0.6 is 0 Å². The molecule has 1 fully saturated rings. The Morgan fingerprint density at radius 3 is 2.65 bits per heavy atom. The van der Waals surface area contributed by atoms with Crippen LogP contribution in [0.15, 0.2) is 46.3 Å². The zero-order valence-corrected chi connectivity index (χ0v) is 19.1. The molecule has 1 saturated carbocycles. The second kappa shape index (κ2) is 9.62. The van der Waals surface area contributed by atoms with Gasteiger partial charge in [-0.25, -0.2) is 27.5 Å². The fraction of sp³-hybridized carbons (Fsp3) is 0.348. The molecular formula is C23H25F3N8. The molecule has 0 spiro atoms. The number of pyridine rings is 1. The summed E-state index contributed by atoms with van der Waals surface area (Å²) in [6, 6.07) is 4.23. The second-order valence-corrected chi connectivity index (χ2v) is 8.13. The highest BCUT2D eigenvalue weighted by molar-refractivity contribution is 5.95. The van der Waals surface area contributed by atoms with Gasteiger partial charge in [-0.05, 0) is 57.5 Å². The van der Waals surface area contributed by atoms with Crippen LogP contribution < -0.4 is 5.32 Å². The molecule has 3 aromatic heterocycles. The van der Waals surface area contributed by atoms with Crippen LogP contribution in [0.2, 0.25) is 0 Å². The highest BCUT2D eigenvalue weighted by Gasteiger charge is 2.26. The van der Waals surface area contributed by atoms with E-state index in [2.05, 4.69) is 32.1 Å². The van der Waals surface area contributed by atoms with Crippen LogP contribution in [0.1, 0.15) is 36.2 Å². The number of nitrogens with one attached hydrogen (secondary N) is 1. The molecule has 1 aliphatic carbocycles. The summed E-state index contributed by atoms with van der Waals surface area (Å²) in [7, 11) is 1.49. The number of rotatable bonds is 8. The molecule has 0 amide bonds. The Morgan fingerprint density at radius 1 is 1.29 bits per heavy atom. The average molecular weight is 471 g/mol. The van der Waals surface area contributed by atoms with Crippen molar-refractivity contribution in [3.8, 4) is 11.4 Å². The Hall–Kier alpha value is -3.76. The van der Waals surface area contributed by atoms with Crippen LogP contribution in [-0.2, 0) is 6.54 Å². The number of hydrogen-bond donors (Lipinski definition) is 1. The summed E-state index contributed by atoms with van der Waals surface area (Å²) in [6.45, 7) is 7.81. The zero-order chi connectivity index (χ0) is 24.4. The Morgan fingerprint density at radius 2 is 2.06 bits per heavy atom. The number of allylic oxidation sites excluding steroid dienone is 1. The Bertz CT molecular complexity index is 1250. The van der Waals surface area contributed by atoms with Gasteiger partial charge in [0.2, 0.25) is 0 Å². The molecule has 4 rings (SSSR count). The fourth-order valence-corrected chi connectivity index (χ4v) is 3.59. The van der Waals surface area contributed by atoms with Gasteiger partial charge in [0.25, 0.3) is 6.43 Å². The Labute approximate surface area is 195 Å². The van der Waals surface area contributed by atoms with Gasteiger partial charge in [0.15, 0.2) is 5.84 Å². The highest BCUT2D eigenvalue weighted by atomic mass is 19.3. The minimum Gasteiger partial charge on any atom is -0.325 e. The second-order valence-electron chi connectivity index (χ2n) is 8.13. The molecule has 0 unspecified atom stereocenters. The highest BCUT2D eigenvalue weighted by Crippen LogP contribution is 2.34. The van der Waals surface area contributed by atoms with Gasteiger partial charge in [0.1, 0.15) is 28.8 Å². The normalized spacial score (nSPS) is 14.7. The monoisotopic (exact) mass is 470 g/mol. The molecule has 8 nitrogen and oxygen atoms in total. The van der Waals surface area contributed by atoms with Crippen molar-refractivity contribution in [2.24, 2.45) is 15.9 Å². The number of nitrogens with zero attached hydrogens (tertiary/aromatic N) is 7. The number of halogens is 3. The summed E-state index contributed by atoms with van der Waals surface area (Å²) in [5.41, 5.74) is 2.11.